The number of rotatable bonds is 15. The zero-order valence-corrected chi connectivity index (χ0v) is 45.4. The van der Waals surface area contributed by atoms with Crippen molar-refractivity contribution in [3.05, 3.63) is 0 Å². The van der Waals surface area contributed by atoms with Crippen molar-refractivity contribution in [3.63, 3.8) is 0 Å². The van der Waals surface area contributed by atoms with Gasteiger partial charge < -0.3 is 95.0 Å². The molecule has 2 saturated heterocycles. The van der Waals surface area contributed by atoms with Crippen LogP contribution in [0, 0.1) is 0 Å². The van der Waals surface area contributed by atoms with Crippen LogP contribution in [0.2, 0.25) is 0 Å². The number of hydrogen-bond acceptors (Lipinski definition) is 19. The van der Waals surface area contributed by atoms with Crippen molar-refractivity contribution in [2.45, 2.75) is 256 Å². The van der Waals surface area contributed by atoms with E-state index in [4.69, 9.17) is 42.6 Å². The molecule has 0 aromatic carbocycles. The van der Waals surface area contributed by atoms with Crippen LogP contribution in [-0.4, -0.2) is 183 Å². The van der Waals surface area contributed by atoms with Gasteiger partial charge >= 0.3 is 30.5 Å². The maximum absolute atomic E-state index is 13.9. The summed E-state index contributed by atoms with van der Waals surface area (Å²) in [6.07, 6.45) is -19.6. The lowest BCUT2D eigenvalue weighted by atomic mass is 9.83. The van der Waals surface area contributed by atoms with Crippen LogP contribution in [0.4, 0.5) is 24.0 Å². The second kappa shape index (κ2) is 25.8. The molecule has 25 heteroatoms. The third-order valence-electron chi connectivity index (χ3n) is 10.8. The van der Waals surface area contributed by atoms with Gasteiger partial charge in [-0.25, -0.2) is 24.0 Å². The van der Waals surface area contributed by atoms with Crippen LogP contribution < -0.4 is 31.9 Å². The fraction of sp³-hybridized carbons (Fsp3) is 0.875. The zero-order chi connectivity index (χ0) is 55.6. The highest BCUT2D eigenvalue weighted by Crippen LogP contribution is 2.34. The highest BCUT2D eigenvalue weighted by atomic mass is 16.7. The van der Waals surface area contributed by atoms with Crippen LogP contribution in [-0.2, 0) is 47.4 Å². The summed E-state index contributed by atoms with van der Waals surface area (Å²) < 4.78 is 52.6. The summed E-state index contributed by atoms with van der Waals surface area (Å²) in [6.45, 7) is 26.2. The molecule has 2 heterocycles. The highest BCUT2D eigenvalue weighted by molar-refractivity contribution is 5.81. The Morgan fingerprint density at radius 3 is 1.47 bits per heavy atom. The van der Waals surface area contributed by atoms with Gasteiger partial charge in [0.2, 0.25) is 5.91 Å². The molecule has 422 valence electrons. The van der Waals surface area contributed by atoms with Crippen LogP contribution in [0.3, 0.4) is 0 Å². The molecule has 1 aliphatic carbocycles. The number of nitrogens with one attached hydrogen (secondary N) is 6. The number of ether oxygens (including phenoxy) is 9. The van der Waals surface area contributed by atoms with Crippen LogP contribution in [0.1, 0.15) is 143 Å². The molecule has 25 nitrogen and oxygen atoms in total. The normalized spacial score (nSPS) is 29.6. The first-order valence-corrected chi connectivity index (χ1v) is 24.9. The Bertz CT molecular complexity index is 1840. The molecule has 14 atom stereocenters. The van der Waals surface area contributed by atoms with Crippen molar-refractivity contribution >= 4 is 36.4 Å². The summed E-state index contributed by atoms with van der Waals surface area (Å²) in [5.41, 5.74) is -4.53. The van der Waals surface area contributed by atoms with Crippen molar-refractivity contribution in [1.29, 1.82) is 0 Å². The van der Waals surface area contributed by atoms with Crippen molar-refractivity contribution in [2.24, 2.45) is 0 Å². The Morgan fingerprint density at radius 1 is 0.534 bits per heavy atom. The summed E-state index contributed by atoms with van der Waals surface area (Å²) >= 11 is 0. The fourth-order valence-corrected chi connectivity index (χ4v) is 7.88. The molecule has 0 aromatic rings. The summed E-state index contributed by atoms with van der Waals surface area (Å²) in [5.74, 6) is -0.999. The predicted octanol–water partition coefficient (Wildman–Crippen LogP) is 2.85. The van der Waals surface area contributed by atoms with Crippen LogP contribution in [0.5, 0.6) is 0 Å². The molecule has 3 fully saturated rings. The number of hydrogen-bond donors (Lipinski definition) is 10. The van der Waals surface area contributed by atoms with Crippen molar-refractivity contribution in [2.75, 3.05) is 13.1 Å². The lowest BCUT2D eigenvalue weighted by Gasteiger charge is -2.49. The van der Waals surface area contributed by atoms with Gasteiger partial charge in [0.1, 0.15) is 64.6 Å². The van der Waals surface area contributed by atoms with E-state index in [-0.39, 0.29) is 45.2 Å². The molecular weight excluding hydrogens is 965 g/mol. The second-order valence-corrected chi connectivity index (χ2v) is 23.5. The maximum atomic E-state index is 13.9. The van der Waals surface area contributed by atoms with E-state index >= 15 is 0 Å². The first-order valence-electron chi connectivity index (χ1n) is 24.9. The number of carbonyl (C=O) groups is 6. The van der Waals surface area contributed by atoms with E-state index in [1.165, 1.54) is 0 Å². The molecular formula is C48H86N6O19. The first kappa shape index (κ1) is 62.8. The highest BCUT2D eigenvalue weighted by Gasteiger charge is 2.53. The van der Waals surface area contributed by atoms with E-state index < -0.39 is 150 Å². The quantitative estimate of drug-likeness (QED) is 0.105. The van der Waals surface area contributed by atoms with Gasteiger partial charge in [-0.3, -0.25) is 4.79 Å². The van der Waals surface area contributed by atoms with Crippen LogP contribution in [0.25, 0.3) is 0 Å². The minimum Gasteiger partial charge on any atom is -0.444 e. The molecule has 6 amide bonds. The Labute approximate surface area is 428 Å². The van der Waals surface area contributed by atoms with E-state index in [0.717, 1.165) is 0 Å². The van der Waals surface area contributed by atoms with Gasteiger partial charge in [-0.2, -0.15) is 0 Å². The third-order valence-corrected chi connectivity index (χ3v) is 10.8. The largest absolute Gasteiger partial charge is 0.444 e. The molecule has 73 heavy (non-hydrogen) atoms. The molecule has 0 radical (unpaired) electrons. The Balaban J connectivity index is 2.12. The number of carbonyl (C=O) groups excluding carboxylic acids is 6. The van der Waals surface area contributed by atoms with Gasteiger partial charge in [0.25, 0.3) is 0 Å². The van der Waals surface area contributed by atoms with E-state index in [9.17, 15) is 49.2 Å². The lowest BCUT2D eigenvalue weighted by Crippen LogP contribution is -2.70. The van der Waals surface area contributed by atoms with Crippen molar-refractivity contribution < 1.29 is 91.8 Å². The third kappa shape index (κ3) is 22.1. The topological polar surface area (TPSA) is 339 Å². The predicted molar refractivity (Wildman–Crippen MR) is 260 cm³/mol. The second-order valence-electron chi connectivity index (χ2n) is 23.5. The molecule has 3 aliphatic rings. The summed E-state index contributed by atoms with van der Waals surface area (Å²) in [4.78, 5) is 78.7. The number of alkyl carbamates (subject to hydrolysis) is 5. The Kier molecular flexibility index (Phi) is 22.2. The van der Waals surface area contributed by atoms with Gasteiger partial charge in [-0.1, -0.05) is 6.92 Å². The molecule has 0 bridgehead atoms. The molecule has 0 spiro atoms. The van der Waals surface area contributed by atoms with Crippen molar-refractivity contribution in [3.8, 4) is 0 Å². The maximum Gasteiger partial charge on any atom is 0.408 e. The van der Waals surface area contributed by atoms with Crippen LogP contribution >= 0.6 is 0 Å². The lowest BCUT2D eigenvalue weighted by molar-refractivity contribution is -0.314. The molecule has 10 N–H and O–H groups in total. The van der Waals surface area contributed by atoms with Gasteiger partial charge in [0.15, 0.2) is 12.6 Å². The van der Waals surface area contributed by atoms with E-state index in [1.807, 2.05) is 0 Å². The molecule has 0 aromatic heterocycles. The Morgan fingerprint density at radius 2 is 0.973 bits per heavy atom. The van der Waals surface area contributed by atoms with Gasteiger partial charge in [-0.05, 0) is 136 Å². The van der Waals surface area contributed by atoms with E-state index in [2.05, 4.69) is 31.9 Å². The standard InChI is InChI=1S/C48H86N6O19/c1-17-29-31(56)30(54-43(64)73-48(14,15)16)32(57)38(66-29)68-34-26(51-36(59)28(55)20-21-49-39(60)69-44(2,3)4)22-27(53-42(63)72-47(11,12)13)35(33(34)58)67-37-25(52-41(62)71-46(8,9)10)19-18-24(65-37)23-50-40(61)70-45(5,6)7/h24-35,37-38,55-58H,17-23H2,1-16H3,(H,49,60)(H,50,61)(H,51,59)(H,52,62)(H,53,63)(H,54,64)/t24?,25?,26-,27-,28+,29?,30+,31+,32?,33?,34+,35?,37-,38-/m1/s1. The molecule has 3 rings (SSSR count). The first-order chi connectivity index (χ1) is 33.3. The van der Waals surface area contributed by atoms with E-state index in [1.54, 1.807) is 111 Å². The number of aliphatic hydroxyl groups is 4. The van der Waals surface area contributed by atoms with Crippen molar-refractivity contribution in [1.82, 2.24) is 31.9 Å². The number of aliphatic hydroxyl groups excluding tert-OH is 4. The van der Waals surface area contributed by atoms with Gasteiger partial charge in [0.05, 0.1) is 36.4 Å². The summed E-state index contributed by atoms with van der Waals surface area (Å²) in [5, 5.41) is 62.6. The summed E-state index contributed by atoms with van der Waals surface area (Å²) in [6, 6.07) is -5.10. The monoisotopic (exact) mass is 1050 g/mol. The minimum atomic E-state index is -1.93. The molecule has 2 aliphatic heterocycles. The minimum absolute atomic E-state index is 0.0734. The smallest absolute Gasteiger partial charge is 0.408 e. The fourth-order valence-electron chi connectivity index (χ4n) is 7.88. The average molecular weight is 1050 g/mol. The molecule has 6 unspecified atom stereocenters. The summed E-state index contributed by atoms with van der Waals surface area (Å²) in [7, 11) is 0. The zero-order valence-electron chi connectivity index (χ0n) is 45.4. The SMILES string of the molecule is CCC1O[C@H](O[C@@H]2C(O)C(O[C@H]3OC(CNC(=O)OC(C)(C)C)CCC3NC(=O)OC(C)(C)C)[C@H](NC(=O)OC(C)(C)C)C[C@H]2NC(=O)[C@@H](O)CCNC(=O)OC(C)(C)C)C(O)[C@@H](NC(=O)OC(C)(C)C)[C@H]1O. The van der Waals surface area contributed by atoms with Gasteiger partial charge in [0, 0.05) is 13.1 Å². The Hall–Kier alpha value is -4.50. The van der Waals surface area contributed by atoms with Gasteiger partial charge in [-0.15, -0.1) is 0 Å². The van der Waals surface area contributed by atoms with Crippen LogP contribution in [0.15, 0.2) is 0 Å². The molecule has 1 saturated carbocycles. The van der Waals surface area contributed by atoms with E-state index in [0.29, 0.717) is 0 Å². The number of amides is 6. The average Bonchev–Trinajstić information content (AvgIpc) is 3.19.